The summed E-state index contributed by atoms with van der Waals surface area (Å²) >= 11 is 5.82. The van der Waals surface area contributed by atoms with E-state index in [-0.39, 0.29) is 24.0 Å². The second-order valence-corrected chi connectivity index (χ2v) is 7.24. The Morgan fingerprint density at radius 1 is 1.27 bits per heavy atom. The van der Waals surface area contributed by atoms with E-state index in [9.17, 15) is 0 Å². The molecule has 0 radical (unpaired) electrons. The number of halogens is 2. The minimum absolute atomic E-state index is 0. The fraction of sp³-hybridized carbons (Fsp3) is 0.684. The van der Waals surface area contributed by atoms with Gasteiger partial charge in [0.1, 0.15) is 5.15 Å². The number of aromatic nitrogens is 1. The zero-order chi connectivity index (χ0) is 17.9. The first-order valence-electron chi connectivity index (χ1n) is 9.52. The fourth-order valence-electron chi connectivity index (χ4n) is 3.11. The van der Waals surface area contributed by atoms with Crippen LogP contribution in [0.5, 0.6) is 0 Å². The summed E-state index contributed by atoms with van der Waals surface area (Å²) in [6, 6.07) is 3.85. The fourth-order valence-corrected chi connectivity index (χ4v) is 3.22. The molecule has 1 unspecified atom stereocenters. The molecule has 0 saturated carbocycles. The van der Waals surface area contributed by atoms with Gasteiger partial charge in [0.2, 0.25) is 0 Å². The zero-order valence-corrected chi connectivity index (χ0v) is 19.1. The van der Waals surface area contributed by atoms with Gasteiger partial charge in [0.15, 0.2) is 5.96 Å². The van der Waals surface area contributed by atoms with Gasteiger partial charge in [0.25, 0.3) is 0 Å². The summed E-state index contributed by atoms with van der Waals surface area (Å²) < 4.78 is 0. The molecule has 1 aliphatic rings. The molecular formula is C19H33ClIN5. The van der Waals surface area contributed by atoms with Crippen molar-refractivity contribution >= 4 is 41.5 Å². The molecule has 0 aromatic carbocycles. The van der Waals surface area contributed by atoms with Crippen LogP contribution in [0.4, 0.5) is 0 Å². The summed E-state index contributed by atoms with van der Waals surface area (Å²) in [7, 11) is 0. The number of rotatable bonds is 8. The number of pyridine rings is 1. The van der Waals surface area contributed by atoms with E-state index in [0.29, 0.717) is 11.1 Å². The van der Waals surface area contributed by atoms with Crippen LogP contribution in [-0.2, 0) is 6.42 Å². The van der Waals surface area contributed by atoms with E-state index in [1.165, 1.54) is 37.9 Å². The molecule has 1 aromatic heterocycles. The van der Waals surface area contributed by atoms with Crippen molar-refractivity contribution in [2.75, 3.05) is 39.3 Å². The molecule has 0 spiro atoms. The van der Waals surface area contributed by atoms with Gasteiger partial charge < -0.3 is 15.5 Å². The zero-order valence-electron chi connectivity index (χ0n) is 16.0. The number of hydrogen-bond donors (Lipinski definition) is 2. The molecule has 2 heterocycles. The van der Waals surface area contributed by atoms with E-state index in [0.717, 1.165) is 38.6 Å². The molecule has 0 bridgehead atoms. The SMILES string of the molecule is CCNC(=NCC(C)CN1CCCCC1)NCCc1ccc(Cl)nc1.I. The largest absolute Gasteiger partial charge is 0.357 e. The normalized spacial score (nSPS) is 16.7. The first-order chi connectivity index (χ1) is 12.2. The van der Waals surface area contributed by atoms with E-state index in [2.05, 4.69) is 34.4 Å². The van der Waals surface area contributed by atoms with Crippen molar-refractivity contribution in [3.63, 3.8) is 0 Å². The maximum Gasteiger partial charge on any atom is 0.191 e. The smallest absolute Gasteiger partial charge is 0.191 e. The second kappa shape index (κ2) is 13.6. The van der Waals surface area contributed by atoms with Crippen molar-refractivity contribution in [1.82, 2.24) is 20.5 Å². The standard InChI is InChI=1S/C19H32ClN5.HI/c1-3-21-19(22-10-9-17-7-8-18(20)23-14-17)24-13-16(2)15-25-11-5-4-6-12-25;/h7-8,14,16H,3-6,9-13,15H2,1-2H3,(H2,21,22,24);1H. The number of piperidine rings is 1. The predicted molar refractivity (Wildman–Crippen MR) is 122 cm³/mol. The highest BCUT2D eigenvalue weighted by Crippen LogP contribution is 2.11. The molecule has 0 amide bonds. The lowest BCUT2D eigenvalue weighted by atomic mass is 10.1. The Labute approximate surface area is 180 Å². The first-order valence-corrected chi connectivity index (χ1v) is 9.90. The maximum absolute atomic E-state index is 5.82. The average molecular weight is 494 g/mol. The monoisotopic (exact) mass is 493 g/mol. The van der Waals surface area contributed by atoms with Gasteiger partial charge in [0, 0.05) is 32.4 Å². The molecule has 1 atom stereocenters. The van der Waals surface area contributed by atoms with Crippen LogP contribution in [0.1, 0.15) is 38.7 Å². The Morgan fingerprint density at radius 3 is 2.69 bits per heavy atom. The summed E-state index contributed by atoms with van der Waals surface area (Å²) in [5.74, 6) is 1.48. The van der Waals surface area contributed by atoms with Gasteiger partial charge in [-0.1, -0.05) is 31.0 Å². The Kier molecular flexibility index (Phi) is 12.2. The van der Waals surface area contributed by atoms with Crippen molar-refractivity contribution < 1.29 is 0 Å². The summed E-state index contributed by atoms with van der Waals surface area (Å²) in [6.07, 6.45) is 6.81. The molecule has 26 heavy (non-hydrogen) atoms. The summed E-state index contributed by atoms with van der Waals surface area (Å²) in [5, 5.41) is 7.27. The summed E-state index contributed by atoms with van der Waals surface area (Å²) in [6.45, 7) is 10.6. The Bertz CT molecular complexity index is 517. The first kappa shape index (κ1) is 23.4. The molecule has 1 fully saturated rings. The highest BCUT2D eigenvalue weighted by atomic mass is 127. The Balaban J connectivity index is 0.00000338. The van der Waals surface area contributed by atoms with E-state index in [4.69, 9.17) is 16.6 Å². The molecule has 2 rings (SSSR count). The van der Waals surface area contributed by atoms with Crippen LogP contribution >= 0.6 is 35.6 Å². The van der Waals surface area contributed by atoms with Gasteiger partial charge in [-0.25, -0.2) is 4.98 Å². The average Bonchev–Trinajstić information content (AvgIpc) is 2.62. The minimum atomic E-state index is 0. The quantitative estimate of drug-likeness (QED) is 0.252. The molecule has 5 nitrogen and oxygen atoms in total. The molecule has 2 N–H and O–H groups in total. The van der Waals surface area contributed by atoms with Gasteiger partial charge in [-0.2, -0.15) is 0 Å². The van der Waals surface area contributed by atoms with Crippen LogP contribution in [0, 0.1) is 5.92 Å². The predicted octanol–water partition coefficient (Wildman–Crippen LogP) is 3.57. The minimum Gasteiger partial charge on any atom is -0.357 e. The van der Waals surface area contributed by atoms with Crippen molar-refractivity contribution in [3.05, 3.63) is 29.0 Å². The van der Waals surface area contributed by atoms with Gasteiger partial charge >= 0.3 is 0 Å². The lowest BCUT2D eigenvalue weighted by Crippen LogP contribution is -2.39. The highest BCUT2D eigenvalue weighted by molar-refractivity contribution is 14.0. The number of nitrogens with one attached hydrogen (secondary N) is 2. The topological polar surface area (TPSA) is 52.6 Å². The molecule has 0 aliphatic carbocycles. The van der Waals surface area contributed by atoms with Gasteiger partial charge in [-0.15, -0.1) is 24.0 Å². The van der Waals surface area contributed by atoms with Crippen LogP contribution in [0.25, 0.3) is 0 Å². The van der Waals surface area contributed by atoms with Gasteiger partial charge in [0.05, 0.1) is 0 Å². The van der Waals surface area contributed by atoms with Crippen molar-refractivity contribution in [2.24, 2.45) is 10.9 Å². The molecule has 1 saturated heterocycles. The van der Waals surface area contributed by atoms with Crippen molar-refractivity contribution in [3.8, 4) is 0 Å². The lowest BCUT2D eigenvalue weighted by Gasteiger charge is -2.28. The number of likely N-dealkylation sites (tertiary alicyclic amines) is 1. The number of guanidine groups is 1. The van der Waals surface area contributed by atoms with Crippen LogP contribution in [-0.4, -0.2) is 55.1 Å². The molecule has 7 heteroatoms. The van der Waals surface area contributed by atoms with Crippen LogP contribution < -0.4 is 10.6 Å². The summed E-state index contributed by atoms with van der Waals surface area (Å²) in [5.41, 5.74) is 1.17. The third-order valence-corrected chi connectivity index (χ3v) is 4.64. The number of nitrogens with zero attached hydrogens (tertiary/aromatic N) is 3. The molecule has 1 aromatic rings. The van der Waals surface area contributed by atoms with Crippen LogP contribution in [0.3, 0.4) is 0 Å². The number of aliphatic imine (C=N–C) groups is 1. The third kappa shape index (κ3) is 9.37. The van der Waals surface area contributed by atoms with Gasteiger partial charge in [-0.05, 0) is 56.8 Å². The third-order valence-electron chi connectivity index (χ3n) is 4.42. The van der Waals surface area contributed by atoms with Crippen LogP contribution in [0.2, 0.25) is 5.15 Å². The molecule has 1 aliphatic heterocycles. The van der Waals surface area contributed by atoms with E-state index >= 15 is 0 Å². The highest BCUT2D eigenvalue weighted by Gasteiger charge is 2.13. The number of hydrogen-bond acceptors (Lipinski definition) is 3. The maximum atomic E-state index is 5.82. The Morgan fingerprint density at radius 2 is 2.04 bits per heavy atom. The van der Waals surface area contributed by atoms with Crippen LogP contribution in [0.15, 0.2) is 23.3 Å². The lowest BCUT2D eigenvalue weighted by molar-refractivity contribution is 0.203. The van der Waals surface area contributed by atoms with Crippen molar-refractivity contribution in [1.29, 1.82) is 0 Å². The van der Waals surface area contributed by atoms with Gasteiger partial charge in [-0.3, -0.25) is 4.99 Å². The molecular weight excluding hydrogens is 461 g/mol. The second-order valence-electron chi connectivity index (χ2n) is 6.85. The molecule has 148 valence electrons. The Hall–Kier alpha value is -0.600. The van der Waals surface area contributed by atoms with Crippen molar-refractivity contribution in [2.45, 2.75) is 39.5 Å². The van der Waals surface area contributed by atoms with E-state index in [1.807, 2.05) is 18.3 Å². The van der Waals surface area contributed by atoms with E-state index < -0.39 is 0 Å². The van der Waals surface area contributed by atoms with E-state index in [1.54, 1.807) is 0 Å². The summed E-state index contributed by atoms with van der Waals surface area (Å²) in [4.78, 5) is 11.5.